The van der Waals surface area contributed by atoms with Crippen molar-refractivity contribution in [2.24, 2.45) is 0 Å². The molecule has 0 aliphatic rings. The van der Waals surface area contributed by atoms with Crippen LogP contribution >= 0.6 is 0 Å². The van der Waals surface area contributed by atoms with E-state index in [4.69, 9.17) is 9.15 Å². The molecule has 1 aromatic carbocycles. The highest BCUT2D eigenvalue weighted by atomic mass is 16.5. The second-order valence-corrected chi connectivity index (χ2v) is 5.90. The molecule has 27 heavy (non-hydrogen) atoms. The monoisotopic (exact) mass is 369 g/mol. The van der Waals surface area contributed by atoms with Gasteiger partial charge in [-0.3, -0.25) is 14.2 Å². The van der Waals surface area contributed by atoms with E-state index < -0.39 is 17.2 Å². The lowest BCUT2D eigenvalue weighted by Crippen LogP contribution is -2.41. The molecule has 2 aromatic heterocycles. The number of rotatable bonds is 7. The molecule has 0 saturated heterocycles. The quantitative estimate of drug-likeness (QED) is 0.611. The number of ether oxygens (including phenoxy) is 1. The molecule has 8 nitrogen and oxygen atoms in total. The molecule has 3 aromatic rings. The molecule has 3 rings (SSSR count). The van der Waals surface area contributed by atoms with Crippen LogP contribution in [0, 0.1) is 6.92 Å². The smallest absolute Gasteiger partial charge is 0.328 e. The fourth-order valence-electron chi connectivity index (χ4n) is 2.44. The fourth-order valence-corrected chi connectivity index (χ4v) is 2.44. The normalized spacial score (nSPS) is 10.6. The Morgan fingerprint density at radius 3 is 2.70 bits per heavy atom. The van der Waals surface area contributed by atoms with Crippen molar-refractivity contribution in [3.8, 4) is 5.75 Å². The van der Waals surface area contributed by atoms with Crippen LogP contribution in [0.15, 0.2) is 62.9 Å². The predicted octanol–water partition coefficient (Wildman–Crippen LogP) is 1.30. The number of H-pyrrole nitrogens is 1. The predicted molar refractivity (Wildman–Crippen MR) is 98.1 cm³/mol. The highest BCUT2D eigenvalue weighted by Gasteiger charge is 2.15. The molecule has 2 heterocycles. The van der Waals surface area contributed by atoms with E-state index in [2.05, 4.69) is 10.3 Å². The molecule has 0 fully saturated rings. The number of aromatic nitrogens is 2. The summed E-state index contributed by atoms with van der Waals surface area (Å²) in [4.78, 5) is 39.0. The van der Waals surface area contributed by atoms with Crippen LogP contribution in [0.1, 0.15) is 21.7 Å². The summed E-state index contributed by atoms with van der Waals surface area (Å²) < 4.78 is 11.6. The summed E-state index contributed by atoms with van der Waals surface area (Å²) in [5.41, 5.74) is -0.334. The zero-order valence-corrected chi connectivity index (χ0v) is 14.7. The van der Waals surface area contributed by atoms with E-state index in [0.29, 0.717) is 11.5 Å². The number of hydrogen-bond acceptors (Lipinski definition) is 5. The van der Waals surface area contributed by atoms with Gasteiger partial charge in [-0.15, -0.1) is 0 Å². The number of carbonyl (C=O) groups is 1. The molecule has 0 aliphatic heterocycles. The average molecular weight is 369 g/mol. The SMILES string of the molecule is Cc1ccc(OCCNC(=O)c2c[nH]c(=O)n(Cc3ccco3)c2=O)cc1. The summed E-state index contributed by atoms with van der Waals surface area (Å²) in [6, 6.07) is 10.8. The van der Waals surface area contributed by atoms with Gasteiger partial charge in [0, 0.05) is 6.20 Å². The summed E-state index contributed by atoms with van der Waals surface area (Å²) in [6.07, 6.45) is 2.55. The Bertz CT molecular complexity index is 1020. The molecule has 0 aliphatic carbocycles. The van der Waals surface area contributed by atoms with Gasteiger partial charge in [0.15, 0.2) is 0 Å². The molecule has 1 amide bonds. The zero-order chi connectivity index (χ0) is 19.2. The summed E-state index contributed by atoms with van der Waals surface area (Å²) in [6.45, 7) is 2.38. The van der Waals surface area contributed by atoms with E-state index in [-0.39, 0.29) is 25.3 Å². The first kappa shape index (κ1) is 18.2. The zero-order valence-electron chi connectivity index (χ0n) is 14.7. The Kier molecular flexibility index (Phi) is 5.55. The number of nitrogens with one attached hydrogen (secondary N) is 2. The first-order valence-corrected chi connectivity index (χ1v) is 8.37. The standard InChI is InChI=1S/C19H19N3O5/c1-13-4-6-14(7-5-13)27-10-8-20-17(23)16-11-21-19(25)22(18(16)24)12-15-3-2-9-26-15/h2-7,9,11H,8,10,12H2,1H3,(H,20,23)(H,21,25). The summed E-state index contributed by atoms with van der Waals surface area (Å²) >= 11 is 0. The number of hydrogen-bond donors (Lipinski definition) is 2. The molecule has 8 heteroatoms. The van der Waals surface area contributed by atoms with Crippen molar-refractivity contribution in [3.05, 3.63) is 86.6 Å². The van der Waals surface area contributed by atoms with E-state index in [9.17, 15) is 14.4 Å². The van der Waals surface area contributed by atoms with Gasteiger partial charge in [0.25, 0.3) is 11.5 Å². The lowest BCUT2D eigenvalue weighted by atomic mass is 10.2. The van der Waals surface area contributed by atoms with Gasteiger partial charge in [-0.1, -0.05) is 17.7 Å². The maximum absolute atomic E-state index is 12.5. The van der Waals surface area contributed by atoms with Crippen LogP contribution in [-0.2, 0) is 6.54 Å². The average Bonchev–Trinajstić information content (AvgIpc) is 3.17. The number of carbonyl (C=O) groups excluding carboxylic acids is 1. The lowest BCUT2D eigenvalue weighted by Gasteiger charge is -2.09. The minimum absolute atomic E-state index is 0.0567. The maximum atomic E-state index is 12.5. The molecule has 0 unspecified atom stereocenters. The number of amides is 1. The molecule has 140 valence electrons. The van der Waals surface area contributed by atoms with Crippen molar-refractivity contribution in [3.63, 3.8) is 0 Å². The van der Waals surface area contributed by atoms with Gasteiger partial charge < -0.3 is 19.5 Å². The Labute approximate surface area is 154 Å². The van der Waals surface area contributed by atoms with Crippen molar-refractivity contribution >= 4 is 5.91 Å². The van der Waals surface area contributed by atoms with Gasteiger partial charge >= 0.3 is 5.69 Å². The van der Waals surface area contributed by atoms with Crippen LogP contribution in [0.25, 0.3) is 0 Å². The molecule has 0 saturated carbocycles. The van der Waals surface area contributed by atoms with Crippen molar-refractivity contribution in [2.75, 3.05) is 13.2 Å². The first-order chi connectivity index (χ1) is 13.0. The van der Waals surface area contributed by atoms with E-state index in [1.54, 1.807) is 12.1 Å². The van der Waals surface area contributed by atoms with Crippen LogP contribution in [0.2, 0.25) is 0 Å². The van der Waals surface area contributed by atoms with Crippen molar-refractivity contribution in [1.29, 1.82) is 0 Å². The van der Waals surface area contributed by atoms with Crippen LogP contribution in [0.5, 0.6) is 5.75 Å². The molecule has 0 spiro atoms. The molecule has 0 atom stereocenters. The third-order valence-corrected chi connectivity index (χ3v) is 3.88. The lowest BCUT2D eigenvalue weighted by molar-refractivity contribution is 0.0944. The number of aromatic amines is 1. The minimum atomic E-state index is -0.688. The molecule has 2 N–H and O–H groups in total. The molecular weight excluding hydrogens is 350 g/mol. The number of nitrogens with zero attached hydrogens (tertiary/aromatic N) is 1. The Morgan fingerprint density at radius 1 is 1.22 bits per heavy atom. The van der Waals surface area contributed by atoms with E-state index in [1.807, 2.05) is 31.2 Å². The number of aryl methyl sites for hydroxylation is 1. The second-order valence-electron chi connectivity index (χ2n) is 5.90. The van der Waals surface area contributed by atoms with Gasteiger partial charge in [0.05, 0.1) is 19.4 Å². The molecule has 0 bridgehead atoms. The minimum Gasteiger partial charge on any atom is -0.492 e. The second kappa shape index (κ2) is 8.22. The van der Waals surface area contributed by atoms with Crippen LogP contribution in [0.3, 0.4) is 0 Å². The third-order valence-electron chi connectivity index (χ3n) is 3.88. The van der Waals surface area contributed by atoms with Crippen LogP contribution < -0.4 is 21.3 Å². The molecular formula is C19H19N3O5. The van der Waals surface area contributed by atoms with Crippen LogP contribution in [-0.4, -0.2) is 28.6 Å². The molecule has 0 radical (unpaired) electrons. The topological polar surface area (TPSA) is 106 Å². The third kappa shape index (κ3) is 4.55. The summed E-state index contributed by atoms with van der Waals surface area (Å²) in [5.74, 6) is 0.545. The van der Waals surface area contributed by atoms with Crippen LogP contribution in [0.4, 0.5) is 0 Å². The van der Waals surface area contributed by atoms with E-state index in [0.717, 1.165) is 16.3 Å². The number of furan rings is 1. The Hall–Kier alpha value is -3.55. The van der Waals surface area contributed by atoms with Gasteiger partial charge in [0.1, 0.15) is 23.7 Å². The van der Waals surface area contributed by atoms with Gasteiger partial charge in [0.2, 0.25) is 0 Å². The highest BCUT2D eigenvalue weighted by Crippen LogP contribution is 2.10. The summed E-state index contributed by atoms with van der Waals surface area (Å²) in [7, 11) is 0. The van der Waals surface area contributed by atoms with Gasteiger partial charge in [-0.25, -0.2) is 4.79 Å². The Balaban J connectivity index is 1.61. The van der Waals surface area contributed by atoms with Crippen molar-refractivity contribution in [2.45, 2.75) is 13.5 Å². The van der Waals surface area contributed by atoms with E-state index >= 15 is 0 Å². The fraction of sp³-hybridized carbons (Fsp3) is 0.211. The van der Waals surface area contributed by atoms with Crippen molar-refractivity contribution in [1.82, 2.24) is 14.9 Å². The Morgan fingerprint density at radius 2 is 2.00 bits per heavy atom. The van der Waals surface area contributed by atoms with Gasteiger partial charge in [-0.05, 0) is 31.2 Å². The number of benzene rings is 1. The summed E-state index contributed by atoms with van der Waals surface area (Å²) in [5, 5.41) is 2.60. The van der Waals surface area contributed by atoms with E-state index in [1.165, 1.54) is 6.26 Å². The largest absolute Gasteiger partial charge is 0.492 e. The van der Waals surface area contributed by atoms with Gasteiger partial charge in [-0.2, -0.15) is 0 Å². The maximum Gasteiger partial charge on any atom is 0.328 e. The van der Waals surface area contributed by atoms with Crippen molar-refractivity contribution < 1.29 is 13.9 Å². The highest BCUT2D eigenvalue weighted by molar-refractivity contribution is 5.93. The first-order valence-electron chi connectivity index (χ1n) is 8.37.